The van der Waals surface area contributed by atoms with Crippen molar-refractivity contribution in [2.24, 2.45) is 5.92 Å². The molecule has 91 heavy (non-hydrogen) atoms. The summed E-state index contributed by atoms with van der Waals surface area (Å²) in [6, 6.07) is 0. The highest BCUT2D eigenvalue weighted by atomic mass is 31.2. The minimum absolute atomic E-state index is 0.105. The number of phosphoric acid groups is 2. The normalized spacial score (nSPS) is 14.0. The van der Waals surface area contributed by atoms with Crippen molar-refractivity contribution in [2.45, 2.75) is 393 Å². The van der Waals surface area contributed by atoms with Crippen LogP contribution in [0.15, 0.2) is 0 Å². The van der Waals surface area contributed by atoms with E-state index in [0.29, 0.717) is 25.7 Å². The first kappa shape index (κ1) is 89.1. The van der Waals surface area contributed by atoms with Crippen molar-refractivity contribution < 1.29 is 80.2 Å². The van der Waals surface area contributed by atoms with Gasteiger partial charge in [0.05, 0.1) is 26.4 Å². The highest BCUT2D eigenvalue weighted by Crippen LogP contribution is 2.45. The fourth-order valence-corrected chi connectivity index (χ4v) is 12.6. The van der Waals surface area contributed by atoms with Crippen LogP contribution in [-0.4, -0.2) is 96.7 Å². The molecular formula is C72H140O17P2. The predicted octanol–water partition coefficient (Wildman–Crippen LogP) is 20.9. The first-order valence-electron chi connectivity index (χ1n) is 37.6. The summed E-state index contributed by atoms with van der Waals surface area (Å²) >= 11 is 0. The summed E-state index contributed by atoms with van der Waals surface area (Å²) in [4.78, 5) is 72.6. The number of aliphatic hydroxyl groups is 1. The number of carbonyl (C=O) groups is 4. The van der Waals surface area contributed by atoms with Crippen molar-refractivity contribution in [1.29, 1.82) is 0 Å². The van der Waals surface area contributed by atoms with Crippen LogP contribution in [0, 0.1) is 5.92 Å². The van der Waals surface area contributed by atoms with Gasteiger partial charge < -0.3 is 33.8 Å². The standard InChI is InChI=1S/C72H140O17P2/c1-6-9-12-15-18-21-24-26-27-28-29-30-31-33-36-42-47-52-57-71(76)88-67(61-83-70(75)56-51-46-41-35-32-25-22-19-16-13-10-7-2)63-86-90(78,79)84-59-66(73)60-85-91(80,81)87-64-68(62-82-69(74)55-50-45-40-34-23-20-17-14-11-8-3)89-72(77)58-53-48-43-38-37-39-44-49-54-65(4)5/h65-68,73H,6-64H2,1-5H3,(H,78,79)(H,80,81)/t66-,67-,68-/m1/s1. The molecule has 0 aliphatic heterocycles. The van der Waals surface area contributed by atoms with Crippen LogP contribution in [0.3, 0.4) is 0 Å². The molecular weight excluding hydrogens is 1200 g/mol. The number of phosphoric ester groups is 2. The Hall–Kier alpha value is -1.94. The smallest absolute Gasteiger partial charge is 0.462 e. The van der Waals surface area contributed by atoms with E-state index in [0.717, 1.165) is 95.8 Å². The van der Waals surface area contributed by atoms with E-state index in [-0.39, 0.29) is 25.7 Å². The summed E-state index contributed by atoms with van der Waals surface area (Å²) in [6.45, 7) is 7.21. The number of esters is 4. The van der Waals surface area contributed by atoms with Crippen molar-refractivity contribution in [1.82, 2.24) is 0 Å². The van der Waals surface area contributed by atoms with Crippen LogP contribution >= 0.6 is 15.6 Å². The number of unbranched alkanes of at least 4 members (excludes halogenated alkanes) is 44. The molecule has 0 saturated carbocycles. The number of hydrogen-bond donors (Lipinski definition) is 3. The molecule has 2 unspecified atom stereocenters. The van der Waals surface area contributed by atoms with Gasteiger partial charge in [0.1, 0.15) is 19.3 Å². The molecule has 0 fully saturated rings. The molecule has 0 rings (SSSR count). The zero-order chi connectivity index (χ0) is 67.0. The van der Waals surface area contributed by atoms with Gasteiger partial charge in [-0.05, 0) is 31.6 Å². The molecule has 0 spiro atoms. The summed E-state index contributed by atoms with van der Waals surface area (Å²) < 4.78 is 68.3. The molecule has 0 aromatic heterocycles. The molecule has 5 atom stereocenters. The Morgan fingerprint density at radius 2 is 0.505 bits per heavy atom. The fourth-order valence-electron chi connectivity index (χ4n) is 11.0. The van der Waals surface area contributed by atoms with Crippen LogP contribution in [0.2, 0.25) is 0 Å². The van der Waals surface area contributed by atoms with Crippen LogP contribution in [0.1, 0.15) is 375 Å². The second kappa shape index (κ2) is 65.4. The van der Waals surface area contributed by atoms with Crippen molar-refractivity contribution in [3.8, 4) is 0 Å². The van der Waals surface area contributed by atoms with E-state index in [1.165, 1.54) is 199 Å². The van der Waals surface area contributed by atoms with Gasteiger partial charge in [-0.3, -0.25) is 37.3 Å². The van der Waals surface area contributed by atoms with E-state index < -0.39 is 97.5 Å². The lowest BCUT2D eigenvalue weighted by Gasteiger charge is -2.21. The van der Waals surface area contributed by atoms with Crippen molar-refractivity contribution in [2.75, 3.05) is 39.6 Å². The summed E-state index contributed by atoms with van der Waals surface area (Å²) in [6.07, 6.45) is 52.7. The third-order valence-corrected chi connectivity index (χ3v) is 18.7. The maximum atomic E-state index is 13.0. The van der Waals surface area contributed by atoms with E-state index in [1.54, 1.807) is 0 Å². The topological polar surface area (TPSA) is 237 Å². The minimum Gasteiger partial charge on any atom is -0.462 e. The molecule has 19 heteroatoms. The van der Waals surface area contributed by atoms with Crippen LogP contribution in [0.5, 0.6) is 0 Å². The number of rotatable bonds is 72. The Morgan fingerprint density at radius 1 is 0.297 bits per heavy atom. The predicted molar refractivity (Wildman–Crippen MR) is 368 cm³/mol. The minimum atomic E-state index is -4.95. The van der Waals surface area contributed by atoms with Crippen molar-refractivity contribution >= 4 is 39.5 Å². The lowest BCUT2D eigenvalue weighted by Crippen LogP contribution is -2.30. The average Bonchev–Trinajstić information content (AvgIpc) is 3.72. The Bertz CT molecular complexity index is 1750. The second-order valence-corrected chi connectivity index (χ2v) is 29.4. The Morgan fingerprint density at radius 3 is 0.747 bits per heavy atom. The van der Waals surface area contributed by atoms with Gasteiger partial charge in [-0.1, -0.05) is 324 Å². The number of aliphatic hydroxyl groups excluding tert-OH is 1. The van der Waals surface area contributed by atoms with Gasteiger partial charge in [0.2, 0.25) is 0 Å². The molecule has 0 aromatic carbocycles. The van der Waals surface area contributed by atoms with Gasteiger partial charge >= 0.3 is 39.5 Å². The number of ether oxygens (including phenoxy) is 4. The first-order chi connectivity index (χ1) is 44.0. The highest BCUT2D eigenvalue weighted by molar-refractivity contribution is 7.47. The van der Waals surface area contributed by atoms with Gasteiger partial charge in [0.15, 0.2) is 12.2 Å². The number of carbonyl (C=O) groups excluding carboxylic acids is 4. The molecule has 0 heterocycles. The van der Waals surface area contributed by atoms with Gasteiger partial charge in [0.25, 0.3) is 0 Å². The van der Waals surface area contributed by atoms with E-state index in [9.17, 15) is 43.2 Å². The molecule has 0 aliphatic rings. The highest BCUT2D eigenvalue weighted by Gasteiger charge is 2.30. The third-order valence-electron chi connectivity index (χ3n) is 16.8. The summed E-state index contributed by atoms with van der Waals surface area (Å²) in [5.74, 6) is -1.40. The molecule has 0 aromatic rings. The maximum Gasteiger partial charge on any atom is 0.472 e. The quantitative estimate of drug-likeness (QED) is 0.0222. The summed E-state index contributed by atoms with van der Waals surface area (Å²) in [5.41, 5.74) is 0. The van der Waals surface area contributed by atoms with Gasteiger partial charge in [-0.25, -0.2) is 9.13 Å². The lowest BCUT2D eigenvalue weighted by atomic mass is 10.0. The zero-order valence-electron chi connectivity index (χ0n) is 59.0. The fraction of sp³-hybridized carbons (Fsp3) is 0.944. The summed E-state index contributed by atoms with van der Waals surface area (Å²) in [7, 11) is -9.90. The zero-order valence-corrected chi connectivity index (χ0v) is 60.8. The van der Waals surface area contributed by atoms with Gasteiger partial charge in [0, 0.05) is 25.7 Å². The lowest BCUT2D eigenvalue weighted by molar-refractivity contribution is -0.161. The molecule has 540 valence electrons. The molecule has 17 nitrogen and oxygen atoms in total. The third kappa shape index (κ3) is 66.5. The Kier molecular flexibility index (Phi) is 64.0. The van der Waals surface area contributed by atoms with Crippen LogP contribution < -0.4 is 0 Å². The Balaban J connectivity index is 5.22. The SMILES string of the molecule is CCCCCCCCCCCCCCCCCCCCC(=O)O[C@H](COC(=O)CCCCCCCCCCCCCC)COP(=O)(O)OC[C@@H](O)COP(=O)(O)OC[C@@H](COC(=O)CCCCCCCCCCCC)OC(=O)CCCCCCCCCCC(C)C. The van der Waals surface area contributed by atoms with Crippen molar-refractivity contribution in [3.05, 3.63) is 0 Å². The average molecular weight is 1340 g/mol. The first-order valence-corrected chi connectivity index (χ1v) is 40.6. The summed E-state index contributed by atoms with van der Waals surface area (Å²) in [5, 5.41) is 10.6. The van der Waals surface area contributed by atoms with Gasteiger partial charge in [-0.2, -0.15) is 0 Å². The van der Waals surface area contributed by atoms with E-state index in [2.05, 4.69) is 34.6 Å². The van der Waals surface area contributed by atoms with Crippen molar-refractivity contribution in [3.63, 3.8) is 0 Å². The molecule has 0 radical (unpaired) electrons. The van der Waals surface area contributed by atoms with E-state index in [1.807, 2.05) is 0 Å². The van der Waals surface area contributed by atoms with Gasteiger partial charge in [-0.15, -0.1) is 0 Å². The van der Waals surface area contributed by atoms with Crippen LogP contribution in [0.4, 0.5) is 0 Å². The maximum absolute atomic E-state index is 13.0. The Labute approximate surface area is 556 Å². The molecule has 3 N–H and O–H groups in total. The second-order valence-electron chi connectivity index (χ2n) is 26.5. The molecule has 0 saturated heterocycles. The molecule has 0 amide bonds. The largest absolute Gasteiger partial charge is 0.472 e. The van der Waals surface area contributed by atoms with Crippen LogP contribution in [0.25, 0.3) is 0 Å². The molecule has 0 aliphatic carbocycles. The van der Waals surface area contributed by atoms with E-state index in [4.69, 9.17) is 37.0 Å². The van der Waals surface area contributed by atoms with E-state index >= 15 is 0 Å². The number of hydrogen-bond acceptors (Lipinski definition) is 15. The van der Waals surface area contributed by atoms with Crippen LogP contribution in [-0.2, 0) is 65.4 Å². The molecule has 0 bridgehead atoms. The monoisotopic (exact) mass is 1340 g/mol.